The highest BCUT2D eigenvalue weighted by Gasteiger charge is 2.15. The van der Waals surface area contributed by atoms with Crippen molar-refractivity contribution in [3.63, 3.8) is 0 Å². The molecule has 0 saturated heterocycles. The van der Waals surface area contributed by atoms with E-state index in [1.54, 1.807) is 7.11 Å². The van der Waals surface area contributed by atoms with Crippen molar-refractivity contribution in [1.29, 1.82) is 5.26 Å². The summed E-state index contributed by atoms with van der Waals surface area (Å²) in [4.78, 5) is 0. The number of methoxy groups -OCH3 is 1. The summed E-state index contributed by atoms with van der Waals surface area (Å²) in [6.45, 7) is 1.11. The van der Waals surface area contributed by atoms with E-state index in [2.05, 4.69) is 6.07 Å². The number of hydrogen-bond acceptors (Lipinski definition) is 6. The van der Waals surface area contributed by atoms with E-state index in [9.17, 15) is 5.26 Å². The molecule has 3 rings (SSSR count). The molecule has 0 spiro atoms. The van der Waals surface area contributed by atoms with Crippen molar-refractivity contribution in [2.75, 3.05) is 27.1 Å². The van der Waals surface area contributed by atoms with Crippen LogP contribution in [0.25, 0.3) is 11.6 Å². The Labute approximate surface area is 183 Å². The smallest absolute Gasteiger partial charge is 0.231 e. The number of allylic oxidation sites excluding steroid dienone is 1. The molecule has 6 nitrogen and oxygen atoms in total. The number of benzene rings is 2. The molecular weight excluding hydrogens is 394 g/mol. The van der Waals surface area contributed by atoms with Gasteiger partial charge in [-0.05, 0) is 60.4 Å². The van der Waals surface area contributed by atoms with Crippen molar-refractivity contribution >= 4 is 11.6 Å². The molecule has 0 bridgehead atoms. The van der Waals surface area contributed by atoms with Gasteiger partial charge in [-0.3, -0.25) is 0 Å². The molecule has 2 aromatic carbocycles. The highest BCUT2D eigenvalue weighted by atomic mass is 16.7. The highest BCUT2D eigenvalue weighted by Crippen LogP contribution is 2.35. The Balaban J connectivity index is 1.60. The molecule has 164 valence electrons. The van der Waals surface area contributed by atoms with Crippen LogP contribution in [0.5, 0.6) is 23.0 Å². The van der Waals surface area contributed by atoms with Gasteiger partial charge in [0.1, 0.15) is 0 Å². The minimum Gasteiger partial charge on any atom is -0.493 e. The lowest BCUT2D eigenvalue weighted by Gasteiger charge is -2.11. The van der Waals surface area contributed by atoms with Crippen LogP contribution in [0.1, 0.15) is 49.7 Å². The number of nitriles is 1. The zero-order valence-corrected chi connectivity index (χ0v) is 17.9. The summed E-state index contributed by atoms with van der Waals surface area (Å²) in [6.07, 6.45) is 8.17. The SMILES string of the molecule is COc1cc(C=C(C#N)c2ccc3c(c2)OCO3)ccc1OCCCCCCCCO. The van der Waals surface area contributed by atoms with E-state index in [1.807, 2.05) is 42.5 Å². The van der Waals surface area contributed by atoms with E-state index in [-0.39, 0.29) is 13.4 Å². The third kappa shape index (κ3) is 6.40. The maximum absolute atomic E-state index is 9.65. The van der Waals surface area contributed by atoms with Crippen molar-refractivity contribution in [2.45, 2.75) is 38.5 Å². The van der Waals surface area contributed by atoms with Crippen LogP contribution in [0, 0.1) is 11.3 Å². The maximum Gasteiger partial charge on any atom is 0.231 e. The maximum atomic E-state index is 9.65. The first-order valence-corrected chi connectivity index (χ1v) is 10.7. The van der Waals surface area contributed by atoms with Crippen molar-refractivity contribution in [3.05, 3.63) is 47.5 Å². The number of aliphatic hydroxyl groups excluding tert-OH is 1. The highest BCUT2D eigenvalue weighted by molar-refractivity contribution is 5.90. The Morgan fingerprint density at radius 1 is 1.00 bits per heavy atom. The second kappa shape index (κ2) is 11.9. The zero-order chi connectivity index (χ0) is 21.9. The average Bonchev–Trinajstić information content (AvgIpc) is 3.27. The monoisotopic (exact) mass is 423 g/mol. The van der Waals surface area contributed by atoms with Crippen LogP contribution >= 0.6 is 0 Å². The molecule has 6 heteroatoms. The van der Waals surface area contributed by atoms with E-state index >= 15 is 0 Å². The van der Waals surface area contributed by atoms with Crippen LogP contribution in [0.3, 0.4) is 0 Å². The van der Waals surface area contributed by atoms with Gasteiger partial charge in [0.05, 0.1) is 25.4 Å². The first-order valence-electron chi connectivity index (χ1n) is 10.7. The number of hydrogen-bond donors (Lipinski definition) is 1. The summed E-state index contributed by atoms with van der Waals surface area (Å²) in [5.74, 6) is 2.67. The van der Waals surface area contributed by atoms with Crippen LogP contribution in [0.2, 0.25) is 0 Å². The Bertz CT molecular complexity index is 932. The van der Waals surface area contributed by atoms with Crippen molar-refractivity contribution < 1.29 is 24.1 Å². The molecular formula is C25H29NO5. The standard InChI is InChI=1S/C25H29NO5/c1-28-24-15-19(8-10-22(24)29-13-7-5-3-2-4-6-12-27)14-21(17-26)20-9-11-23-25(16-20)31-18-30-23/h8-11,14-16,27H,2-7,12-13,18H2,1H3. The summed E-state index contributed by atoms with van der Waals surface area (Å²) in [5, 5.41) is 18.4. The molecule has 0 aromatic heterocycles. The first-order chi connectivity index (χ1) is 15.2. The summed E-state index contributed by atoms with van der Waals surface area (Å²) in [7, 11) is 1.61. The normalized spacial score (nSPS) is 12.5. The Kier molecular flexibility index (Phi) is 8.62. The third-order valence-corrected chi connectivity index (χ3v) is 5.11. The molecule has 0 unspecified atom stereocenters. The molecule has 0 aliphatic carbocycles. The minimum absolute atomic E-state index is 0.201. The summed E-state index contributed by atoms with van der Waals surface area (Å²) < 4.78 is 22.1. The van der Waals surface area contributed by atoms with Gasteiger partial charge in [-0.15, -0.1) is 0 Å². The molecule has 1 N–H and O–H groups in total. The molecule has 0 atom stereocenters. The summed E-state index contributed by atoms with van der Waals surface area (Å²) in [5.41, 5.74) is 2.14. The lowest BCUT2D eigenvalue weighted by Crippen LogP contribution is -1.99. The number of fused-ring (bicyclic) bond motifs is 1. The van der Waals surface area contributed by atoms with E-state index in [4.69, 9.17) is 24.1 Å². The molecule has 1 aliphatic heterocycles. The fourth-order valence-electron chi connectivity index (χ4n) is 3.41. The van der Waals surface area contributed by atoms with Gasteiger partial charge in [0.25, 0.3) is 0 Å². The van der Waals surface area contributed by atoms with Gasteiger partial charge >= 0.3 is 0 Å². The van der Waals surface area contributed by atoms with Crippen LogP contribution in [0.4, 0.5) is 0 Å². The first kappa shape index (κ1) is 22.5. The predicted molar refractivity (Wildman–Crippen MR) is 119 cm³/mol. The summed E-state index contributed by atoms with van der Waals surface area (Å²) >= 11 is 0. The quantitative estimate of drug-likeness (QED) is 0.287. The average molecular weight is 424 g/mol. The van der Waals surface area contributed by atoms with E-state index in [1.165, 1.54) is 0 Å². The number of unbranched alkanes of at least 4 members (excludes halogenated alkanes) is 5. The van der Waals surface area contributed by atoms with E-state index < -0.39 is 0 Å². The van der Waals surface area contributed by atoms with Crippen LogP contribution in [-0.2, 0) is 0 Å². The fraction of sp³-hybridized carbons (Fsp3) is 0.400. The molecule has 2 aromatic rings. The van der Waals surface area contributed by atoms with Crippen molar-refractivity contribution in [1.82, 2.24) is 0 Å². The lowest BCUT2D eigenvalue weighted by atomic mass is 10.0. The second-order valence-corrected chi connectivity index (χ2v) is 7.34. The number of aliphatic hydroxyl groups is 1. The lowest BCUT2D eigenvalue weighted by molar-refractivity contribution is 0.174. The number of ether oxygens (including phenoxy) is 4. The van der Waals surface area contributed by atoms with Gasteiger partial charge in [0.2, 0.25) is 6.79 Å². The molecule has 0 radical (unpaired) electrons. The Morgan fingerprint density at radius 3 is 2.55 bits per heavy atom. The van der Waals surface area contributed by atoms with Gasteiger partial charge in [0, 0.05) is 6.61 Å². The largest absolute Gasteiger partial charge is 0.493 e. The third-order valence-electron chi connectivity index (χ3n) is 5.11. The van der Waals surface area contributed by atoms with Crippen LogP contribution in [0.15, 0.2) is 36.4 Å². The fourth-order valence-corrected chi connectivity index (χ4v) is 3.41. The zero-order valence-electron chi connectivity index (χ0n) is 17.9. The van der Waals surface area contributed by atoms with E-state index in [0.29, 0.717) is 35.2 Å². The minimum atomic E-state index is 0.201. The van der Waals surface area contributed by atoms with Gasteiger partial charge in [-0.25, -0.2) is 0 Å². The van der Waals surface area contributed by atoms with Crippen molar-refractivity contribution in [2.24, 2.45) is 0 Å². The van der Waals surface area contributed by atoms with Crippen molar-refractivity contribution in [3.8, 4) is 29.1 Å². The van der Waals surface area contributed by atoms with E-state index in [0.717, 1.165) is 49.7 Å². The molecule has 1 heterocycles. The van der Waals surface area contributed by atoms with Crippen LogP contribution in [-0.4, -0.2) is 32.2 Å². The van der Waals surface area contributed by atoms with Gasteiger partial charge in [-0.2, -0.15) is 5.26 Å². The molecule has 0 saturated carbocycles. The number of nitrogens with zero attached hydrogens (tertiary/aromatic N) is 1. The van der Waals surface area contributed by atoms with Crippen LogP contribution < -0.4 is 18.9 Å². The number of rotatable bonds is 12. The second-order valence-electron chi connectivity index (χ2n) is 7.34. The van der Waals surface area contributed by atoms with Gasteiger partial charge in [-0.1, -0.05) is 31.7 Å². The van der Waals surface area contributed by atoms with Gasteiger partial charge < -0.3 is 24.1 Å². The van der Waals surface area contributed by atoms with Gasteiger partial charge in [0.15, 0.2) is 23.0 Å². The summed E-state index contributed by atoms with van der Waals surface area (Å²) in [6, 6.07) is 13.4. The molecule has 0 amide bonds. The molecule has 1 aliphatic rings. The molecule has 0 fully saturated rings. The Hall–Kier alpha value is -3.17. The topological polar surface area (TPSA) is 80.9 Å². The Morgan fingerprint density at radius 2 is 1.77 bits per heavy atom. The predicted octanol–water partition coefficient (Wildman–Crippen LogP) is 5.20. The molecule has 31 heavy (non-hydrogen) atoms.